The van der Waals surface area contributed by atoms with Crippen LogP contribution in [0.2, 0.25) is 0 Å². The molecule has 124 valence electrons. The highest BCUT2D eigenvalue weighted by atomic mass is 127. The highest BCUT2D eigenvalue weighted by Gasteiger charge is 2.16. The van der Waals surface area contributed by atoms with Gasteiger partial charge in [0.2, 0.25) is 0 Å². The van der Waals surface area contributed by atoms with Crippen LogP contribution in [0.4, 0.5) is 8.78 Å². The maximum Gasteiger partial charge on any atom is 0.387 e. The molecule has 0 atom stereocenters. The molecule has 1 aromatic rings. The van der Waals surface area contributed by atoms with Crippen molar-refractivity contribution in [2.24, 2.45) is 4.99 Å². The highest BCUT2D eigenvalue weighted by molar-refractivity contribution is 14.0. The Kier molecular flexibility index (Phi) is 8.44. The zero-order valence-electron chi connectivity index (χ0n) is 12.5. The number of halogens is 3. The van der Waals surface area contributed by atoms with Crippen molar-refractivity contribution in [2.75, 3.05) is 7.05 Å². The number of para-hydroxylation sites is 1. The van der Waals surface area contributed by atoms with Gasteiger partial charge in [-0.25, -0.2) is 0 Å². The van der Waals surface area contributed by atoms with E-state index in [0.29, 0.717) is 24.1 Å². The molecule has 0 aliphatic heterocycles. The lowest BCUT2D eigenvalue weighted by atomic mass is 10.2. The van der Waals surface area contributed by atoms with Crippen LogP contribution >= 0.6 is 24.0 Å². The number of hydrogen-bond acceptors (Lipinski definition) is 2. The van der Waals surface area contributed by atoms with E-state index >= 15 is 0 Å². The van der Waals surface area contributed by atoms with Crippen LogP contribution in [0.5, 0.6) is 5.75 Å². The molecule has 4 nitrogen and oxygen atoms in total. The normalized spacial score (nSPS) is 15.5. The summed E-state index contributed by atoms with van der Waals surface area (Å²) in [6.45, 7) is -2.43. The third-order valence-electron chi connectivity index (χ3n) is 3.55. The van der Waals surface area contributed by atoms with Crippen molar-refractivity contribution in [2.45, 2.75) is 44.9 Å². The van der Waals surface area contributed by atoms with Crippen molar-refractivity contribution >= 4 is 29.9 Å². The molecule has 2 N–H and O–H groups in total. The van der Waals surface area contributed by atoms with Crippen molar-refractivity contribution < 1.29 is 13.5 Å². The van der Waals surface area contributed by atoms with Crippen LogP contribution in [0.25, 0.3) is 0 Å². The molecule has 7 heteroatoms. The largest absolute Gasteiger partial charge is 0.434 e. The maximum atomic E-state index is 12.4. The summed E-state index contributed by atoms with van der Waals surface area (Å²) in [5.41, 5.74) is 0.673. The second kappa shape index (κ2) is 9.81. The molecule has 0 spiro atoms. The van der Waals surface area contributed by atoms with Crippen LogP contribution in [0.15, 0.2) is 29.3 Å². The molecule has 0 saturated heterocycles. The molecule has 0 amide bonds. The van der Waals surface area contributed by atoms with Gasteiger partial charge in [-0.2, -0.15) is 8.78 Å². The number of guanidine groups is 1. The number of alkyl halides is 2. The predicted molar refractivity (Wildman–Crippen MR) is 94.1 cm³/mol. The molecule has 0 radical (unpaired) electrons. The Balaban J connectivity index is 0.00000242. The average Bonchev–Trinajstić information content (AvgIpc) is 2.97. The third kappa shape index (κ3) is 5.94. The topological polar surface area (TPSA) is 45.7 Å². The summed E-state index contributed by atoms with van der Waals surface area (Å²) in [5.74, 6) is 0.880. The molecule has 2 rings (SSSR count). The van der Waals surface area contributed by atoms with Crippen molar-refractivity contribution in [3.8, 4) is 5.75 Å². The van der Waals surface area contributed by atoms with E-state index < -0.39 is 6.61 Å². The van der Waals surface area contributed by atoms with Crippen molar-refractivity contribution in [1.29, 1.82) is 0 Å². The fourth-order valence-corrected chi connectivity index (χ4v) is 2.50. The van der Waals surface area contributed by atoms with Crippen LogP contribution in [0.3, 0.4) is 0 Å². The van der Waals surface area contributed by atoms with Crippen LogP contribution in [-0.2, 0) is 6.54 Å². The van der Waals surface area contributed by atoms with Gasteiger partial charge < -0.3 is 15.4 Å². The first-order chi connectivity index (χ1) is 10.2. The van der Waals surface area contributed by atoms with Gasteiger partial charge in [0.1, 0.15) is 5.75 Å². The van der Waals surface area contributed by atoms with E-state index in [1.165, 1.54) is 18.9 Å². The fraction of sp³-hybridized carbons (Fsp3) is 0.533. The Morgan fingerprint density at radius 1 is 1.32 bits per heavy atom. The van der Waals surface area contributed by atoms with Gasteiger partial charge in [0.15, 0.2) is 5.96 Å². The molecule has 1 fully saturated rings. The lowest BCUT2D eigenvalue weighted by Gasteiger charge is -2.17. The van der Waals surface area contributed by atoms with Crippen LogP contribution < -0.4 is 15.4 Å². The number of benzene rings is 1. The predicted octanol–water partition coefficient (Wildman–Crippen LogP) is 3.51. The number of nitrogens with zero attached hydrogens (tertiary/aromatic N) is 1. The number of nitrogens with one attached hydrogen (secondary N) is 2. The Labute approximate surface area is 146 Å². The summed E-state index contributed by atoms with van der Waals surface area (Å²) in [4.78, 5) is 4.16. The minimum absolute atomic E-state index is 0. The smallest absolute Gasteiger partial charge is 0.387 e. The summed E-state index contributed by atoms with van der Waals surface area (Å²) in [6, 6.07) is 7.21. The van der Waals surface area contributed by atoms with Gasteiger partial charge in [-0.15, -0.1) is 24.0 Å². The highest BCUT2D eigenvalue weighted by Crippen LogP contribution is 2.20. The number of rotatable bonds is 5. The lowest BCUT2D eigenvalue weighted by molar-refractivity contribution is -0.0504. The Bertz CT molecular complexity index is 480. The number of ether oxygens (including phenoxy) is 1. The van der Waals surface area contributed by atoms with Crippen LogP contribution in [0, 0.1) is 0 Å². The summed E-state index contributed by atoms with van der Waals surface area (Å²) in [5, 5.41) is 6.49. The molecule has 0 heterocycles. The quantitative estimate of drug-likeness (QED) is 0.431. The zero-order valence-corrected chi connectivity index (χ0v) is 14.8. The van der Waals surface area contributed by atoms with E-state index in [9.17, 15) is 8.78 Å². The monoisotopic (exact) mass is 425 g/mol. The molecule has 1 aliphatic carbocycles. The molecular weight excluding hydrogens is 403 g/mol. The van der Waals surface area contributed by atoms with Crippen molar-refractivity contribution in [3.05, 3.63) is 29.8 Å². The van der Waals surface area contributed by atoms with Gasteiger partial charge in [-0.05, 0) is 18.9 Å². The van der Waals surface area contributed by atoms with Gasteiger partial charge in [0.05, 0.1) is 0 Å². The number of hydrogen-bond donors (Lipinski definition) is 2. The first-order valence-electron chi connectivity index (χ1n) is 7.19. The van der Waals surface area contributed by atoms with Crippen LogP contribution in [-0.4, -0.2) is 25.7 Å². The van der Waals surface area contributed by atoms with Gasteiger partial charge in [-0.3, -0.25) is 4.99 Å². The minimum atomic E-state index is -2.82. The van der Waals surface area contributed by atoms with E-state index in [0.717, 1.165) is 12.8 Å². The van der Waals surface area contributed by atoms with E-state index in [1.807, 2.05) is 0 Å². The molecular formula is C15H22F2IN3O. The maximum absolute atomic E-state index is 12.4. The van der Waals surface area contributed by atoms with E-state index in [2.05, 4.69) is 20.4 Å². The summed E-state index contributed by atoms with van der Waals surface area (Å²) >= 11 is 0. The molecule has 0 aromatic heterocycles. The summed E-state index contributed by atoms with van der Waals surface area (Å²) in [7, 11) is 1.70. The Hall–Kier alpha value is -1.12. The standard InChI is InChI=1S/C15H21F2N3O.HI/c1-18-15(20-12-7-3-4-8-12)19-10-11-6-2-5-9-13(11)21-14(16)17;/h2,5-6,9,12,14H,3-4,7-8,10H2,1H3,(H2,18,19,20);1H. The van der Waals surface area contributed by atoms with E-state index in [-0.39, 0.29) is 29.7 Å². The molecule has 0 unspecified atom stereocenters. The molecule has 1 aromatic carbocycles. The second-order valence-electron chi connectivity index (χ2n) is 5.04. The van der Waals surface area contributed by atoms with Gasteiger partial charge in [0.25, 0.3) is 0 Å². The first kappa shape index (κ1) is 18.9. The molecule has 1 saturated carbocycles. The SMILES string of the molecule is CN=C(NCc1ccccc1OC(F)F)NC1CCCC1.I. The number of aliphatic imine (C=N–C) groups is 1. The lowest BCUT2D eigenvalue weighted by Crippen LogP contribution is -2.42. The summed E-state index contributed by atoms with van der Waals surface area (Å²) < 4.78 is 29.2. The van der Waals surface area contributed by atoms with Crippen molar-refractivity contribution in [3.63, 3.8) is 0 Å². The Morgan fingerprint density at radius 2 is 2.00 bits per heavy atom. The van der Waals surface area contributed by atoms with Gasteiger partial charge in [-0.1, -0.05) is 31.0 Å². The van der Waals surface area contributed by atoms with Crippen LogP contribution in [0.1, 0.15) is 31.2 Å². The third-order valence-corrected chi connectivity index (χ3v) is 3.55. The molecule has 22 heavy (non-hydrogen) atoms. The molecule has 0 bridgehead atoms. The molecule has 1 aliphatic rings. The van der Waals surface area contributed by atoms with Crippen molar-refractivity contribution in [1.82, 2.24) is 10.6 Å². The van der Waals surface area contributed by atoms with Gasteiger partial charge >= 0.3 is 6.61 Å². The minimum Gasteiger partial charge on any atom is -0.434 e. The fourth-order valence-electron chi connectivity index (χ4n) is 2.50. The first-order valence-corrected chi connectivity index (χ1v) is 7.19. The van der Waals surface area contributed by atoms with Gasteiger partial charge in [0, 0.05) is 25.2 Å². The second-order valence-corrected chi connectivity index (χ2v) is 5.04. The van der Waals surface area contributed by atoms with E-state index in [4.69, 9.17) is 0 Å². The zero-order chi connectivity index (χ0) is 15.1. The van der Waals surface area contributed by atoms with E-state index in [1.54, 1.807) is 25.2 Å². The average molecular weight is 425 g/mol. The Morgan fingerprint density at radius 3 is 2.64 bits per heavy atom. The summed E-state index contributed by atoms with van der Waals surface area (Å²) in [6.07, 6.45) is 4.76.